The predicted molar refractivity (Wildman–Crippen MR) is 130 cm³/mol. The van der Waals surface area contributed by atoms with E-state index in [1.165, 1.54) is 37.1 Å². The summed E-state index contributed by atoms with van der Waals surface area (Å²) in [5.41, 5.74) is 5.47. The maximum absolute atomic E-state index is 12.5. The van der Waals surface area contributed by atoms with E-state index in [-0.39, 0.29) is 5.91 Å². The molecule has 166 valence electrons. The van der Waals surface area contributed by atoms with Crippen molar-refractivity contribution in [3.8, 4) is 16.9 Å². The number of hydrogen-bond donors (Lipinski definition) is 1. The molecule has 0 spiro atoms. The fraction of sp³-hybridized carbons (Fsp3) is 0.321. The van der Waals surface area contributed by atoms with Crippen molar-refractivity contribution in [3.63, 3.8) is 0 Å². The molecule has 32 heavy (non-hydrogen) atoms. The van der Waals surface area contributed by atoms with Gasteiger partial charge in [-0.1, -0.05) is 48.5 Å². The zero-order valence-electron chi connectivity index (χ0n) is 19.0. The quantitative estimate of drug-likeness (QED) is 0.516. The summed E-state index contributed by atoms with van der Waals surface area (Å²) < 4.78 is 5.21. The van der Waals surface area contributed by atoms with Gasteiger partial charge < -0.3 is 10.1 Å². The summed E-state index contributed by atoms with van der Waals surface area (Å²) in [6.07, 6.45) is 3.45. The second-order valence-corrected chi connectivity index (χ2v) is 8.47. The number of amides is 1. The SMILES string of the molecule is COc1ccc(-c2ccc(C(=O)NCCc3ccc(C(C)N4CCCC4)cc3)cc2)cc1. The van der Waals surface area contributed by atoms with Crippen molar-refractivity contribution in [1.29, 1.82) is 0 Å². The average Bonchev–Trinajstić information content (AvgIpc) is 3.39. The van der Waals surface area contributed by atoms with Crippen LogP contribution in [0.5, 0.6) is 5.75 Å². The number of nitrogens with zero attached hydrogens (tertiary/aromatic N) is 1. The van der Waals surface area contributed by atoms with Gasteiger partial charge in [0, 0.05) is 18.2 Å². The number of rotatable bonds is 8. The lowest BCUT2D eigenvalue weighted by molar-refractivity contribution is 0.0954. The second-order valence-electron chi connectivity index (χ2n) is 8.47. The molecule has 0 radical (unpaired) electrons. The summed E-state index contributed by atoms with van der Waals surface area (Å²) in [4.78, 5) is 15.1. The Labute approximate surface area is 191 Å². The molecule has 1 unspecified atom stereocenters. The average molecular weight is 429 g/mol. The van der Waals surface area contributed by atoms with Crippen LogP contribution in [-0.2, 0) is 6.42 Å². The van der Waals surface area contributed by atoms with E-state index in [9.17, 15) is 4.79 Å². The number of carbonyl (C=O) groups excluding carboxylic acids is 1. The monoisotopic (exact) mass is 428 g/mol. The first-order chi connectivity index (χ1) is 15.6. The number of likely N-dealkylation sites (tertiary alicyclic amines) is 1. The molecule has 1 saturated heterocycles. The van der Waals surface area contributed by atoms with Crippen LogP contribution in [0.3, 0.4) is 0 Å². The van der Waals surface area contributed by atoms with E-state index in [0.29, 0.717) is 18.2 Å². The minimum atomic E-state index is -0.0365. The highest BCUT2D eigenvalue weighted by atomic mass is 16.5. The first-order valence-electron chi connectivity index (χ1n) is 11.5. The normalized spacial score (nSPS) is 14.8. The fourth-order valence-electron chi connectivity index (χ4n) is 4.32. The molecule has 1 heterocycles. The van der Waals surface area contributed by atoms with E-state index in [4.69, 9.17) is 4.74 Å². The van der Waals surface area contributed by atoms with Crippen molar-refractivity contribution < 1.29 is 9.53 Å². The number of ether oxygens (including phenoxy) is 1. The summed E-state index contributed by atoms with van der Waals surface area (Å²) in [5.74, 6) is 0.797. The van der Waals surface area contributed by atoms with Gasteiger partial charge in [-0.25, -0.2) is 0 Å². The molecule has 4 rings (SSSR count). The Morgan fingerprint density at radius 1 is 0.906 bits per heavy atom. The Hall–Kier alpha value is -3.11. The number of benzene rings is 3. The highest BCUT2D eigenvalue weighted by Gasteiger charge is 2.19. The van der Waals surface area contributed by atoms with Crippen molar-refractivity contribution in [2.24, 2.45) is 0 Å². The van der Waals surface area contributed by atoms with Gasteiger partial charge in [-0.15, -0.1) is 0 Å². The molecule has 0 aliphatic carbocycles. The van der Waals surface area contributed by atoms with Gasteiger partial charge in [0.2, 0.25) is 0 Å². The largest absolute Gasteiger partial charge is 0.497 e. The summed E-state index contributed by atoms with van der Waals surface area (Å²) >= 11 is 0. The van der Waals surface area contributed by atoms with Crippen LogP contribution < -0.4 is 10.1 Å². The van der Waals surface area contributed by atoms with Gasteiger partial charge in [0.1, 0.15) is 5.75 Å². The Morgan fingerprint density at radius 3 is 2.09 bits per heavy atom. The molecule has 1 aliphatic rings. The number of nitrogens with one attached hydrogen (secondary N) is 1. The van der Waals surface area contributed by atoms with Crippen LogP contribution in [0.2, 0.25) is 0 Å². The Bertz CT molecular complexity index is 1000. The van der Waals surface area contributed by atoms with E-state index in [1.807, 2.05) is 48.5 Å². The third-order valence-corrected chi connectivity index (χ3v) is 6.42. The maximum atomic E-state index is 12.5. The van der Waals surface area contributed by atoms with E-state index in [1.54, 1.807) is 7.11 Å². The van der Waals surface area contributed by atoms with Crippen molar-refractivity contribution in [3.05, 3.63) is 89.5 Å². The smallest absolute Gasteiger partial charge is 0.251 e. The van der Waals surface area contributed by atoms with Crippen LogP contribution in [0.4, 0.5) is 0 Å². The number of carbonyl (C=O) groups is 1. The summed E-state index contributed by atoms with van der Waals surface area (Å²) in [7, 11) is 1.66. The molecule has 3 aromatic rings. The minimum absolute atomic E-state index is 0.0365. The van der Waals surface area contributed by atoms with E-state index < -0.39 is 0 Å². The van der Waals surface area contributed by atoms with Crippen molar-refractivity contribution in [2.45, 2.75) is 32.2 Å². The van der Waals surface area contributed by atoms with E-state index >= 15 is 0 Å². The summed E-state index contributed by atoms with van der Waals surface area (Å²) in [6, 6.07) is 25.0. The molecule has 1 N–H and O–H groups in total. The van der Waals surface area contributed by atoms with Crippen LogP contribution >= 0.6 is 0 Å². The van der Waals surface area contributed by atoms with Gasteiger partial charge in [0.25, 0.3) is 5.91 Å². The Balaban J connectivity index is 1.27. The van der Waals surface area contributed by atoms with Crippen molar-refractivity contribution >= 4 is 5.91 Å². The van der Waals surface area contributed by atoms with Gasteiger partial charge in [-0.05, 0) is 85.8 Å². The Kier molecular flexibility index (Phi) is 7.23. The van der Waals surface area contributed by atoms with Gasteiger partial charge in [0.15, 0.2) is 0 Å². The molecule has 1 aliphatic heterocycles. The fourth-order valence-corrected chi connectivity index (χ4v) is 4.32. The second kappa shape index (κ2) is 10.5. The standard InChI is InChI=1S/C28H32N2O2/c1-21(30-19-3-4-20-30)23-7-5-22(6-8-23)17-18-29-28(31)26-11-9-24(10-12-26)25-13-15-27(32-2)16-14-25/h5-16,21H,3-4,17-20H2,1-2H3,(H,29,31). The third kappa shape index (κ3) is 5.38. The molecule has 4 heteroatoms. The van der Waals surface area contributed by atoms with Gasteiger partial charge in [0.05, 0.1) is 7.11 Å². The summed E-state index contributed by atoms with van der Waals surface area (Å²) in [5, 5.41) is 3.04. The molecular formula is C28H32N2O2. The topological polar surface area (TPSA) is 41.6 Å². The molecule has 1 amide bonds. The minimum Gasteiger partial charge on any atom is -0.497 e. The lowest BCUT2D eigenvalue weighted by Crippen LogP contribution is -2.25. The Morgan fingerprint density at radius 2 is 1.50 bits per heavy atom. The number of hydrogen-bond acceptors (Lipinski definition) is 3. The van der Waals surface area contributed by atoms with Gasteiger partial charge in [-0.2, -0.15) is 0 Å². The molecule has 4 nitrogen and oxygen atoms in total. The van der Waals surface area contributed by atoms with Crippen LogP contribution in [0, 0.1) is 0 Å². The molecule has 3 aromatic carbocycles. The zero-order valence-corrected chi connectivity index (χ0v) is 19.0. The maximum Gasteiger partial charge on any atom is 0.251 e. The lowest BCUT2D eigenvalue weighted by atomic mass is 10.0. The van der Waals surface area contributed by atoms with Crippen LogP contribution in [-0.4, -0.2) is 37.6 Å². The lowest BCUT2D eigenvalue weighted by Gasteiger charge is -2.24. The van der Waals surface area contributed by atoms with Gasteiger partial charge in [-0.3, -0.25) is 9.69 Å². The van der Waals surface area contributed by atoms with Crippen molar-refractivity contribution in [1.82, 2.24) is 10.2 Å². The molecule has 0 saturated carbocycles. The highest BCUT2D eigenvalue weighted by molar-refractivity contribution is 5.94. The number of methoxy groups -OCH3 is 1. The van der Waals surface area contributed by atoms with E-state index in [0.717, 1.165) is 23.3 Å². The van der Waals surface area contributed by atoms with Crippen LogP contribution in [0.25, 0.3) is 11.1 Å². The first-order valence-corrected chi connectivity index (χ1v) is 11.5. The summed E-state index contributed by atoms with van der Waals surface area (Å²) in [6.45, 7) is 5.33. The van der Waals surface area contributed by atoms with Crippen molar-refractivity contribution in [2.75, 3.05) is 26.7 Å². The molecule has 0 bridgehead atoms. The molecular weight excluding hydrogens is 396 g/mol. The van der Waals surface area contributed by atoms with Crippen LogP contribution in [0.15, 0.2) is 72.8 Å². The zero-order chi connectivity index (χ0) is 22.3. The first kappa shape index (κ1) is 22.1. The predicted octanol–water partition coefficient (Wildman–Crippen LogP) is 5.49. The molecule has 1 fully saturated rings. The third-order valence-electron chi connectivity index (χ3n) is 6.42. The molecule has 0 aromatic heterocycles. The van der Waals surface area contributed by atoms with Gasteiger partial charge >= 0.3 is 0 Å². The highest BCUT2D eigenvalue weighted by Crippen LogP contribution is 2.25. The molecule has 1 atom stereocenters. The van der Waals surface area contributed by atoms with E-state index in [2.05, 4.69) is 41.4 Å². The van der Waals surface area contributed by atoms with Crippen LogP contribution in [0.1, 0.15) is 47.3 Å².